The molecule has 0 aliphatic rings. The van der Waals surface area contributed by atoms with Crippen molar-refractivity contribution in [2.75, 3.05) is 10.6 Å². The quantitative estimate of drug-likeness (QED) is 0.562. The molecule has 0 spiro atoms. The molecule has 2 aromatic heterocycles. The molecule has 0 aliphatic heterocycles. The largest absolute Gasteiger partial charge is 0.339 e. The van der Waals surface area contributed by atoms with Gasteiger partial charge in [0.2, 0.25) is 0 Å². The lowest BCUT2D eigenvalue weighted by Gasteiger charge is -2.04. The molecule has 2 heterocycles. The standard InChI is InChI=1S/C13H9N5S/c14-7-15-12-5-13(17-8-16-12)18-10-6-19-11-4-2-1-3-9(10)11/h1-6,8H,(H2,15,16,17,18). The second kappa shape index (κ2) is 4.92. The van der Waals surface area contributed by atoms with Crippen molar-refractivity contribution in [2.45, 2.75) is 0 Å². The molecule has 92 valence electrons. The summed E-state index contributed by atoms with van der Waals surface area (Å²) >= 11 is 1.67. The van der Waals surface area contributed by atoms with Crippen molar-refractivity contribution in [3.63, 3.8) is 0 Å². The van der Waals surface area contributed by atoms with Crippen LogP contribution in [0.3, 0.4) is 0 Å². The third-order valence-electron chi connectivity index (χ3n) is 2.59. The number of anilines is 3. The Hall–Kier alpha value is -2.65. The van der Waals surface area contributed by atoms with Crippen LogP contribution < -0.4 is 10.6 Å². The maximum atomic E-state index is 8.57. The Morgan fingerprint density at radius 1 is 1.16 bits per heavy atom. The Morgan fingerprint density at radius 3 is 2.89 bits per heavy atom. The van der Waals surface area contributed by atoms with E-state index in [0.717, 1.165) is 11.1 Å². The zero-order valence-electron chi connectivity index (χ0n) is 9.79. The van der Waals surface area contributed by atoms with Crippen molar-refractivity contribution in [2.24, 2.45) is 0 Å². The number of fused-ring (bicyclic) bond motifs is 1. The highest BCUT2D eigenvalue weighted by Crippen LogP contribution is 2.31. The highest BCUT2D eigenvalue weighted by molar-refractivity contribution is 7.17. The Balaban J connectivity index is 1.93. The van der Waals surface area contributed by atoms with Gasteiger partial charge in [0.05, 0.1) is 5.69 Å². The fourth-order valence-electron chi connectivity index (χ4n) is 1.76. The molecule has 0 saturated heterocycles. The number of aromatic nitrogens is 2. The zero-order valence-corrected chi connectivity index (χ0v) is 10.6. The van der Waals surface area contributed by atoms with Crippen molar-refractivity contribution >= 4 is 38.7 Å². The van der Waals surface area contributed by atoms with Gasteiger partial charge in [0, 0.05) is 21.5 Å². The highest BCUT2D eigenvalue weighted by Gasteiger charge is 2.04. The highest BCUT2D eigenvalue weighted by atomic mass is 32.1. The van der Waals surface area contributed by atoms with Crippen molar-refractivity contribution < 1.29 is 0 Å². The number of hydrogen-bond acceptors (Lipinski definition) is 6. The summed E-state index contributed by atoms with van der Waals surface area (Å²) in [6.45, 7) is 0. The van der Waals surface area contributed by atoms with E-state index in [1.54, 1.807) is 17.4 Å². The number of nitriles is 1. The molecule has 3 rings (SSSR count). The Labute approximate surface area is 113 Å². The molecule has 0 bridgehead atoms. The second-order valence-corrected chi connectivity index (χ2v) is 4.71. The molecule has 0 atom stereocenters. The van der Waals surface area contributed by atoms with Crippen LogP contribution in [-0.4, -0.2) is 9.97 Å². The van der Waals surface area contributed by atoms with E-state index in [-0.39, 0.29) is 0 Å². The van der Waals surface area contributed by atoms with Gasteiger partial charge >= 0.3 is 0 Å². The first-order chi connectivity index (χ1) is 9.36. The van der Waals surface area contributed by atoms with Gasteiger partial charge < -0.3 is 5.32 Å². The van der Waals surface area contributed by atoms with Crippen LogP contribution in [0.4, 0.5) is 17.3 Å². The smallest absolute Gasteiger partial charge is 0.182 e. The molecule has 0 fully saturated rings. The molecule has 5 nitrogen and oxygen atoms in total. The summed E-state index contributed by atoms with van der Waals surface area (Å²) in [5.41, 5.74) is 1.00. The summed E-state index contributed by atoms with van der Waals surface area (Å²) in [7, 11) is 0. The van der Waals surface area contributed by atoms with E-state index in [4.69, 9.17) is 5.26 Å². The van der Waals surface area contributed by atoms with Crippen molar-refractivity contribution in [3.05, 3.63) is 42.0 Å². The van der Waals surface area contributed by atoms with Crippen molar-refractivity contribution in [1.82, 2.24) is 9.97 Å². The predicted molar refractivity (Wildman–Crippen MR) is 76.4 cm³/mol. The lowest BCUT2D eigenvalue weighted by atomic mass is 10.2. The molecule has 0 radical (unpaired) electrons. The van der Waals surface area contributed by atoms with E-state index in [0.29, 0.717) is 11.6 Å². The molecule has 1 aromatic carbocycles. The third kappa shape index (κ3) is 2.32. The molecule has 0 unspecified atom stereocenters. The zero-order chi connectivity index (χ0) is 13.1. The minimum absolute atomic E-state index is 0.472. The Bertz CT molecular complexity index is 759. The van der Waals surface area contributed by atoms with Gasteiger partial charge in [-0.1, -0.05) is 18.2 Å². The summed E-state index contributed by atoms with van der Waals surface area (Å²) < 4.78 is 1.22. The minimum atomic E-state index is 0.472. The van der Waals surface area contributed by atoms with Gasteiger partial charge in [0.1, 0.15) is 18.0 Å². The molecule has 19 heavy (non-hydrogen) atoms. The maximum Gasteiger partial charge on any atom is 0.182 e. The van der Waals surface area contributed by atoms with E-state index in [9.17, 15) is 0 Å². The topological polar surface area (TPSA) is 73.6 Å². The van der Waals surface area contributed by atoms with E-state index in [1.165, 1.54) is 11.0 Å². The minimum Gasteiger partial charge on any atom is -0.339 e. The van der Waals surface area contributed by atoms with Gasteiger partial charge in [-0.05, 0) is 6.07 Å². The number of benzene rings is 1. The summed E-state index contributed by atoms with van der Waals surface area (Å²) in [5, 5.41) is 17.5. The number of rotatable bonds is 3. The molecular formula is C13H9N5S. The van der Waals surface area contributed by atoms with Crippen molar-refractivity contribution in [3.8, 4) is 6.19 Å². The van der Waals surface area contributed by atoms with Gasteiger partial charge in [0.25, 0.3) is 0 Å². The molecule has 3 aromatic rings. The first kappa shape index (κ1) is 11.4. The fraction of sp³-hybridized carbons (Fsp3) is 0. The molecule has 0 aliphatic carbocycles. The summed E-state index contributed by atoms with van der Waals surface area (Å²) in [6, 6.07) is 9.85. The van der Waals surface area contributed by atoms with Crippen LogP contribution in [0.1, 0.15) is 0 Å². The normalized spacial score (nSPS) is 10.1. The number of hydrogen-bond donors (Lipinski definition) is 2. The van der Waals surface area contributed by atoms with Crippen LogP contribution >= 0.6 is 11.3 Å². The summed E-state index contributed by atoms with van der Waals surface area (Å²) in [6.07, 6.45) is 3.25. The molecule has 0 amide bonds. The van der Waals surface area contributed by atoms with Gasteiger partial charge in [-0.2, -0.15) is 5.26 Å². The number of nitrogens with zero attached hydrogens (tertiary/aromatic N) is 3. The average Bonchev–Trinajstić information content (AvgIpc) is 2.83. The average molecular weight is 267 g/mol. The lowest BCUT2D eigenvalue weighted by Crippen LogP contribution is -1.97. The van der Waals surface area contributed by atoms with Gasteiger partial charge in [-0.3, -0.25) is 5.32 Å². The van der Waals surface area contributed by atoms with Gasteiger partial charge in [-0.15, -0.1) is 11.3 Å². The summed E-state index contributed by atoms with van der Waals surface area (Å²) in [4.78, 5) is 8.07. The van der Waals surface area contributed by atoms with E-state index < -0.39 is 0 Å². The first-order valence-electron chi connectivity index (χ1n) is 5.57. The molecule has 2 N–H and O–H groups in total. The first-order valence-corrected chi connectivity index (χ1v) is 6.45. The van der Waals surface area contributed by atoms with E-state index in [1.807, 2.05) is 23.7 Å². The van der Waals surface area contributed by atoms with Crippen LogP contribution in [0.15, 0.2) is 42.0 Å². The van der Waals surface area contributed by atoms with E-state index in [2.05, 4.69) is 32.7 Å². The van der Waals surface area contributed by atoms with Crippen LogP contribution in [0.2, 0.25) is 0 Å². The summed E-state index contributed by atoms with van der Waals surface area (Å²) in [5.74, 6) is 1.12. The SMILES string of the molecule is N#CNc1cc(Nc2csc3ccccc23)ncn1. The lowest BCUT2D eigenvalue weighted by molar-refractivity contribution is 1.17. The van der Waals surface area contributed by atoms with Gasteiger partial charge in [0.15, 0.2) is 6.19 Å². The Kier molecular flexibility index (Phi) is 2.96. The third-order valence-corrected chi connectivity index (χ3v) is 3.56. The monoisotopic (exact) mass is 267 g/mol. The molecular weight excluding hydrogens is 258 g/mol. The van der Waals surface area contributed by atoms with Gasteiger partial charge in [-0.25, -0.2) is 9.97 Å². The van der Waals surface area contributed by atoms with Crippen LogP contribution in [0.25, 0.3) is 10.1 Å². The number of nitrogens with one attached hydrogen (secondary N) is 2. The number of thiophene rings is 1. The van der Waals surface area contributed by atoms with Crippen LogP contribution in [-0.2, 0) is 0 Å². The van der Waals surface area contributed by atoms with Crippen LogP contribution in [0, 0.1) is 11.5 Å². The fourth-order valence-corrected chi connectivity index (χ4v) is 2.66. The molecule has 0 saturated carbocycles. The Morgan fingerprint density at radius 2 is 2.00 bits per heavy atom. The molecule has 6 heteroatoms. The predicted octanol–water partition coefficient (Wildman–Crippen LogP) is 3.33. The second-order valence-electron chi connectivity index (χ2n) is 3.80. The van der Waals surface area contributed by atoms with Crippen LogP contribution in [0.5, 0.6) is 0 Å². The van der Waals surface area contributed by atoms with E-state index >= 15 is 0 Å². The van der Waals surface area contributed by atoms with Crippen molar-refractivity contribution in [1.29, 1.82) is 5.26 Å². The maximum absolute atomic E-state index is 8.57.